The normalized spacial score (nSPS) is 21.7. The van der Waals surface area contributed by atoms with Crippen molar-refractivity contribution in [3.63, 3.8) is 0 Å². The summed E-state index contributed by atoms with van der Waals surface area (Å²) in [5.74, 6) is 0. The van der Waals surface area contributed by atoms with Gasteiger partial charge >= 0.3 is 0 Å². The van der Waals surface area contributed by atoms with Crippen LogP contribution >= 0.6 is 15.9 Å². The Labute approximate surface area is 136 Å². The molecular formula is C15H27BrN4O. The molecule has 21 heavy (non-hydrogen) atoms. The molecule has 2 heterocycles. The van der Waals surface area contributed by atoms with E-state index in [1.165, 1.54) is 5.69 Å². The maximum Gasteiger partial charge on any atom is 0.0859 e. The number of halogens is 1. The lowest BCUT2D eigenvalue weighted by Gasteiger charge is -2.37. The second-order valence-electron chi connectivity index (χ2n) is 5.64. The van der Waals surface area contributed by atoms with E-state index >= 15 is 0 Å². The van der Waals surface area contributed by atoms with E-state index in [4.69, 9.17) is 4.74 Å². The lowest BCUT2D eigenvalue weighted by molar-refractivity contribution is -0.0447. The molecule has 0 aliphatic carbocycles. The first-order chi connectivity index (χ1) is 10.1. The number of rotatable bonds is 6. The van der Waals surface area contributed by atoms with E-state index in [-0.39, 0.29) is 6.10 Å². The lowest BCUT2D eigenvalue weighted by atomic mass is 10.0. The van der Waals surface area contributed by atoms with Crippen LogP contribution in [0.2, 0.25) is 0 Å². The number of nitrogens with zero attached hydrogens (tertiary/aromatic N) is 3. The lowest BCUT2D eigenvalue weighted by Crippen LogP contribution is -2.53. The van der Waals surface area contributed by atoms with Crippen LogP contribution in [-0.2, 0) is 18.2 Å². The van der Waals surface area contributed by atoms with Gasteiger partial charge in [-0.25, -0.2) is 0 Å². The van der Waals surface area contributed by atoms with Gasteiger partial charge in [-0.05, 0) is 35.9 Å². The molecule has 2 atom stereocenters. The molecule has 0 bridgehead atoms. The standard InChI is InChI=1S/C15H27BrN4O/c1-5-17-12(14-10-20(6-2)7-8-21-14)9-13-15(16)11(3)18-19(13)4/h12,14,17H,5-10H2,1-4H3. The monoisotopic (exact) mass is 358 g/mol. The van der Waals surface area contributed by atoms with Crippen molar-refractivity contribution in [1.82, 2.24) is 20.0 Å². The van der Waals surface area contributed by atoms with Crippen LogP contribution in [0.1, 0.15) is 25.2 Å². The quantitative estimate of drug-likeness (QED) is 0.840. The topological polar surface area (TPSA) is 42.3 Å². The summed E-state index contributed by atoms with van der Waals surface area (Å²) in [6.45, 7) is 11.3. The van der Waals surface area contributed by atoms with Gasteiger partial charge in [0.1, 0.15) is 0 Å². The van der Waals surface area contributed by atoms with E-state index in [0.29, 0.717) is 6.04 Å². The number of aromatic nitrogens is 2. The SMILES string of the molecule is CCNC(Cc1c(Br)c(C)nn1C)C1CN(CC)CCO1. The molecule has 1 aliphatic heterocycles. The third kappa shape index (κ3) is 4.06. The Bertz CT molecular complexity index is 463. The largest absolute Gasteiger partial charge is 0.374 e. The van der Waals surface area contributed by atoms with Gasteiger partial charge in [0.05, 0.1) is 28.6 Å². The molecule has 2 unspecified atom stereocenters. The Balaban J connectivity index is 2.11. The molecule has 1 aliphatic rings. The van der Waals surface area contributed by atoms with E-state index in [1.54, 1.807) is 0 Å². The van der Waals surface area contributed by atoms with Crippen molar-refractivity contribution in [3.05, 3.63) is 15.9 Å². The van der Waals surface area contributed by atoms with Gasteiger partial charge in [0.15, 0.2) is 0 Å². The van der Waals surface area contributed by atoms with Crippen molar-refractivity contribution < 1.29 is 4.74 Å². The molecule has 0 saturated carbocycles. The molecule has 6 heteroatoms. The molecule has 2 rings (SSSR count). The first-order valence-electron chi connectivity index (χ1n) is 7.82. The van der Waals surface area contributed by atoms with Gasteiger partial charge in [0.25, 0.3) is 0 Å². The fourth-order valence-corrected chi connectivity index (χ4v) is 3.47. The Morgan fingerprint density at radius 3 is 2.81 bits per heavy atom. The van der Waals surface area contributed by atoms with E-state index in [2.05, 4.69) is 45.1 Å². The first kappa shape index (κ1) is 16.9. The zero-order valence-electron chi connectivity index (χ0n) is 13.5. The van der Waals surface area contributed by atoms with Gasteiger partial charge in [0.2, 0.25) is 0 Å². The van der Waals surface area contributed by atoms with Crippen LogP contribution in [0.25, 0.3) is 0 Å². The summed E-state index contributed by atoms with van der Waals surface area (Å²) >= 11 is 3.67. The van der Waals surface area contributed by atoms with Crippen LogP contribution in [0.5, 0.6) is 0 Å². The van der Waals surface area contributed by atoms with Crippen molar-refractivity contribution in [3.8, 4) is 0 Å². The van der Waals surface area contributed by atoms with Crippen LogP contribution in [0.3, 0.4) is 0 Å². The summed E-state index contributed by atoms with van der Waals surface area (Å²) in [5, 5.41) is 8.09. The maximum absolute atomic E-state index is 6.03. The van der Waals surface area contributed by atoms with Crippen molar-refractivity contribution in [1.29, 1.82) is 0 Å². The van der Waals surface area contributed by atoms with Crippen molar-refractivity contribution in [2.45, 2.75) is 39.3 Å². The van der Waals surface area contributed by atoms with Crippen LogP contribution < -0.4 is 5.32 Å². The third-order valence-corrected chi connectivity index (χ3v) is 5.25. The summed E-state index contributed by atoms with van der Waals surface area (Å²) in [5.41, 5.74) is 2.28. The van der Waals surface area contributed by atoms with Gasteiger partial charge < -0.3 is 10.1 Å². The van der Waals surface area contributed by atoms with Gasteiger partial charge in [-0.2, -0.15) is 5.10 Å². The number of morpholine rings is 1. The molecular weight excluding hydrogens is 332 g/mol. The fourth-order valence-electron chi connectivity index (χ4n) is 2.97. The molecule has 0 amide bonds. The van der Waals surface area contributed by atoms with Gasteiger partial charge in [0, 0.05) is 32.6 Å². The molecule has 0 aromatic carbocycles. The highest BCUT2D eigenvalue weighted by Gasteiger charge is 2.28. The number of hydrogen-bond acceptors (Lipinski definition) is 4. The minimum atomic E-state index is 0.237. The van der Waals surface area contributed by atoms with Gasteiger partial charge in [-0.15, -0.1) is 0 Å². The molecule has 120 valence electrons. The first-order valence-corrected chi connectivity index (χ1v) is 8.61. The molecule has 1 fully saturated rings. The number of hydrogen-bond donors (Lipinski definition) is 1. The Kier molecular flexibility index (Phi) is 6.22. The van der Waals surface area contributed by atoms with Crippen LogP contribution in [-0.4, -0.2) is 59.6 Å². The maximum atomic E-state index is 6.03. The average Bonchev–Trinajstić information content (AvgIpc) is 2.73. The molecule has 0 radical (unpaired) electrons. The Morgan fingerprint density at radius 2 is 2.24 bits per heavy atom. The van der Waals surface area contributed by atoms with Crippen LogP contribution in [0.15, 0.2) is 4.47 Å². The zero-order chi connectivity index (χ0) is 15.4. The zero-order valence-corrected chi connectivity index (χ0v) is 15.1. The molecule has 1 saturated heterocycles. The van der Waals surface area contributed by atoms with Crippen molar-refractivity contribution in [2.75, 3.05) is 32.8 Å². The van der Waals surface area contributed by atoms with E-state index < -0.39 is 0 Å². The fraction of sp³-hybridized carbons (Fsp3) is 0.800. The second kappa shape index (κ2) is 7.72. The smallest absolute Gasteiger partial charge is 0.0859 e. The van der Waals surface area contributed by atoms with Crippen molar-refractivity contribution >= 4 is 15.9 Å². The summed E-state index contributed by atoms with van der Waals surface area (Å²) < 4.78 is 9.13. The van der Waals surface area contributed by atoms with Crippen LogP contribution in [0, 0.1) is 6.92 Å². The van der Waals surface area contributed by atoms with Crippen molar-refractivity contribution in [2.24, 2.45) is 7.05 Å². The molecule has 1 aromatic heterocycles. The van der Waals surface area contributed by atoms with Gasteiger partial charge in [-0.1, -0.05) is 13.8 Å². The highest BCUT2D eigenvalue weighted by molar-refractivity contribution is 9.10. The molecule has 1 N–H and O–H groups in total. The molecule has 0 spiro atoms. The highest BCUT2D eigenvalue weighted by atomic mass is 79.9. The summed E-state index contributed by atoms with van der Waals surface area (Å²) in [4.78, 5) is 2.46. The summed E-state index contributed by atoms with van der Waals surface area (Å²) in [7, 11) is 2.01. The third-order valence-electron chi connectivity index (χ3n) is 4.21. The number of nitrogens with one attached hydrogen (secondary N) is 1. The summed E-state index contributed by atoms with van der Waals surface area (Å²) in [6, 6.07) is 0.315. The van der Waals surface area contributed by atoms with Crippen LogP contribution in [0.4, 0.5) is 0 Å². The average molecular weight is 359 g/mol. The number of aryl methyl sites for hydroxylation is 2. The predicted molar refractivity (Wildman–Crippen MR) is 88.7 cm³/mol. The second-order valence-corrected chi connectivity index (χ2v) is 6.43. The Hall–Kier alpha value is -0.430. The Morgan fingerprint density at radius 1 is 1.48 bits per heavy atom. The van der Waals surface area contributed by atoms with E-state index in [1.807, 2.05) is 18.7 Å². The molecule has 1 aromatic rings. The minimum Gasteiger partial charge on any atom is -0.374 e. The highest BCUT2D eigenvalue weighted by Crippen LogP contribution is 2.23. The number of likely N-dealkylation sites (N-methyl/N-ethyl adjacent to an activating group) is 2. The predicted octanol–water partition coefficient (Wildman–Crippen LogP) is 1.73. The van der Waals surface area contributed by atoms with E-state index in [9.17, 15) is 0 Å². The van der Waals surface area contributed by atoms with E-state index in [0.717, 1.165) is 49.4 Å². The summed E-state index contributed by atoms with van der Waals surface area (Å²) in [6.07, 6.45) is 1.16. The number of ether oxygens (including phenoxy) is 1. The van der Waals surface area contributed by atoms with Gasteiger partial charge in [-0.3, -0.25) is 9.58 Å². The minimum absolute atomic E-state index is 0.237. The molecule has 5 nitrogen and oxygen atoms in total.